The molecule has 4 aliphatic rings. The lowest BCUT2D eigenvalue weighted by Crippen LogP contribution is -2.62. The van der Waals surface area contributed by atoms with Crippen LogP contribution in [0.5, 0.6) is 0 Å². The van der Waals surface area contributed by atoms with Crippen LogP contribution < -0.4 is 31.1 Å². The lowest BCUT2D eigenvalue weighted by atomic mass is 9.33. The number of hydrogen-bond acceptors (Lipinski definition) is 3. The molecule has 0 spiro atoms. The fourth-order valence-corrected chi connectivity index (χ4v) is 10.7. The van der Waals surface area contributed by atoms with Crippen LogP contribution in [-0.4, -0.2) is 6.71 Å². The Kier molecular flexibility index (Phi) is 8.46. The van der Waals surface area contributed by atoms with Crippen molar-refractivity contribution in [3.05, 3.63) is 173 Å². The van der Waals surface area contributed by atoms with Crippen LogP contribution in [0.25, 0.3) is 0 Å². The normalized spacial score (nSPS) is 16.9. The molecule has 0 amide bonds. The van der Waals surface area contributed by atoms with E-state index in [0.717, 1.165) is 12.8 Å². The predicted molar refractivity (Wildman–Crippen MR) is 250 cm³/mol. The molecule has 2 heterocycles. The van der Waals surface area contributed by atoms with E-state index >= 15 is 0 Å². The molecule has 3 nitrogen and oxygen atoms in total. The molecule has 0 saturated heterocycles. The van der Waals surface area contributed by atoms with Gasteiger partial charge in [0.15, 0.2) is 0 Å². The van der Waals surface area contributed by atoms with Crippen molar-refractivity contribution in [2.24, 2.45) is 0 Å². The molecule has 0 N–H and O–H groups in total. The van der Waals surface area contributed by atoms with Crippen molar-refractivity contribution in [1.82, 2.24) is 0 Å². The van der Waals surface area contributed by atoms with E-state index in [1.54, 1.807) is 0 Å². The molecule has 0 bridgehead atoms. The van der Waals surface area contributed by atoms with Crippen molar-refractivity contribution in [1.29, 1.82) is 0 Å². The van der Waals surface area contributed by atoms with Gasteiger partial charge in [0.1, 0.15) is 0 Å². The molecule has 6 aromatic rings. The summed E-state index contributed by atoms with van der Waals surface area (Å²) in [5.74, 6) is 0. The summed E-state index contributed by atoms with van der Waals surface area (Å²) in [6.45, 7) is 19.0. The summed E-state index contributed by atoms with van der Waals surface area (Å²) in [7, 11) is 0. The largest absolute Gasteiger partial charge is 0.311 e. The molecular formula is C54H54BN3. The molecule has 4 heteroatoms. The van der Waals surface area contributed by atoms with E-state index in [4.69, 9.17) is 0 Å². The van der Waals surface area contributed by atoms with Crippen LogP contribution in [0.4, 0.5) is 45.5 Å². The number of benzene rings is 6. The Morgan fingerprint density at radius 3 is 1.64 bits per heavy atom. The monoisotopic (exact) mass is 755 g/mol. The summed E-state index contributed by atoms with van der Waals surface area (Å²) >= 11 is 0. The fraction of sp³-hybridized carbons (Fsp3) is 0.259. The van der Waals surface area contributed by atoms with Gasteiger partial charge in [-0.25, -0.2) is 0 Å². The first-order chi connectivity index (χ1) is 27.9. The van der Waals surface area contributed by atoms with Crippen molar-refractivity contribution >= 4 is 68.6 Å². The van der Waals surface area contributed by atoms with Crippen LogP contribution >= 0.6 is 0 Å². The Labute approximate surface area is 346 Å². The first-order valence-corrected chi connectivity index (χ1v) is 21.3. The van der Waals surface area contributed by atoms with E-state index in [-0.39, 0.29) is 17.5 Å². The Balaban J connectivity index is 1.31. The molecule has 288 valence electrons. The maximum absolute atomic E-state index is 2.65. The molecule has 2 aliphatic heterocycles. The fourth-order valence-electron chi connectivity index (χ4n) is 10.7. The maximum Gasteiger partial charge on any atom is 0.252 e. The lowest BCUT2D eigenvalue weighted by Gasteiger charge is -2.48. The average Bonchev–Trinajstić information content (AvgIpc) is 3.21. The third-order valence-corrected chi connectivity index (χ3v) is 13.8. The quantitative estimate of drug-likeness (QED) is 0.162. The zero-order valence-corrected chi connectivity index (χ0v) is 35.4. The maximum atomic E-state index is 2.65. The minimum Gasteiger partial charge on any atom is -0.311 e. The number of anilines is 8. The number of allylic oxidation sites excluding steroid dienone is 3. The Morgan fingerprint density at radius 2 is 1.07 bits per heavy atom. The first kappa shape index (κ1) is 36.6. The van der Waals surface area contributed by atoms with Crippen LogP contribution in [0.3, 0.4) is 0 Å². The van der Waals surface area contributed by atoms with Crippen molar-refractivity contribution in [2.45, 2.75) is 91.9 Å². The van der Waals surface area contributed by atoms with Gasteiger partial charge in [-0.05, 0) is 163 Å². The van der Waals surface area contributed by atoms with E-state index in [1.807, 2.05) is 0 Å². The molecule has 0 saturated carbocycles. The van der Waals surface area contributed by atoms with Crippen molar-refractivity contribution < 1.29 is 0 Å². The molecule has 0 atom stereocenters. The second kappa shape index (κ2) is 13.4. The Bertz CT molecular complexity index is 2660. The number of rotatable bonds is 5. The van der Waals surface area contributed by atoms with Crippen LogP contribution in [0.1, 0.15) is 86.8 Å². The van der Waals surface area contributed by atoms with E-state index in [2.05, 4.69) is 204 Å². The molecular weight excluding hydrogens is 701 g/mol. The van der Waals surface area contributed by atoms with Gasteiger partial charge in [0.05, 0.1) is 11.4 Å². The van der Waals surface area contributed by atoms with Crippen LogP contribution in [0.15, 0.2) is 139 Å². The lowest BCUT2D eigenvalue weighted by molar-refractivity contribution is 0.332. The van der Waals surface area contributed by atoms with E-state index in [1.165, 1.54) is 114 Å². The number of nitrogens with zero attached hydrogens (tertiary/aromatic N) is 3. The molecule has 0 aromatic heterocycles. The average molecular weight is 756 g/mol. The summed E-state index contributed by atoms with van der Waals surface area (Å²) in [4.78, 5) is 7.68. The van der Waals surface area contributed by atoms with Gasteiger partial charge in [0.2, 0.25) is 0 Å². The number of para-hydroxylation sites is 3. The minimum atomic E-state index is 0.0523. The van der Waals surface area contributed by atoms with E-state index < -0.39 is 0 Å². The third kappa shape index (κ3) is 5.55. The van der Waals surface area contributed by atoms with E-state index in [9.17, 15) is 0 Å². The smallest absolute Gasteiger partial charge is 0.252 e. The first-order valence-electron chi connectivity index (χ1n) is 21.3. The Hall–Kier alpha value is -5.74. The van der Waals surface area contributed by atoms with Crippen molar-refractivity contribution in [2.75, 3.05) is 14.7 Å². The van der Waals surface area contributed by atoms with Gasteiger partial charge in [-0.1, -0.05) is 113 Å². The second-order valence-electron chi connectivity index (χ2n) is 18.5. The summed E-state index contributed by atoms with van der Waals surface area (Å²) in [6, 6.07) is 44.1. The molecule has 58 heavy (non-hydrogen) atoms. The number of aryl methyl sites for hydroxylation is 4. The van der Waals surface area contributed by atoms with E-state index in [0.29, 0.717) is 0 Å². The SMILES string of the molecule is Cc1cccc(C)c1N1c2cc(N(C3=CCCC=C3)c3ccccc3)ccc2B2c3cc4c(cc3N(c3c(C)cccc3C)c3cccc1c32)C(C)(C)CCC4(C)C. The molecule has 0 fully saturated rings. The molecule has 10 rings (SSSR count). The Morgan fingerprint density at radius 1 is 0.517 bits per heavy atom. The van der Waals surface area contributed by atoms with Crippen LogP contribution in [0, 0.1) is 27.7 Å². The topological polar surface area (TPSA) is 9.72 Å². The second-order valence-corrected chi connectivity index (χ2v) is 18.5. The highest BCUT2D eigenvalue weighted by Crippen LogP contribution is 2.51. The molecule has 6 aromatic carbocycles. The van der Waals surface area contributed by atoms with Gasteiger partial charge in [0.25, 0.3) is 6.71 Å². The standard InChI is InChI=1S/C54H54BN3/c1-35-18-15-19-36(2)51(35)57-46-26-17-27-47-50(46)55(44-29-28-41(32-48(44)57)56(39-22-11-9-12-23-39)40-24-13-10-14-25-40)45-33-42-43(54(7,8)31-30-53(42,5)6)34-49(45)58(47)52-37(3)20-16-21-38(52)4/h9,11-13,15-29,32-34H,10,14,30-31H2,1-8H3. The number of fused-ring (bicyclic) bond motifs is 5. The van der Waals surface area contributed by atoms with Crippen LogP contribution in [-0.2, 0) is 10.8 Å². The summed E-state index contributed by atoms with van der Waals surface area (Å²) in [6.07, 6.45) is 11.5. The number of hydrogen-bond donors (Lipinski definition) is 0. The minimum absolute atomic E-state index is 0.0523. The highest BCUT2D eigenvalue weighted by molar-refractivity contribution is 7.00. The molecule has 0 radical (unpaired) electrons. The van der Waals surface area contributed by atoms with Crippen molar-refractivity contribution in [3.8, 4) is 0 Å². The molecule has 0 unspecified atom stereocenters. The van der Waals surface area contributed by atoms with Gasteiger partial charge >= 0.3 is 0 Å². The predicted octanol–water partition coefficient (Wildman–Crippen LogP) is 12.7. The van der Waals surface area contributed by atoms with Gasteiger partial charge in [-0.3, -0.25) is 0 Å². The van der Waals surface area contributed by atoms with Gasteiger partial charge in [0, 0.05) is 39.8 Å². The van der Waals surface area contributed by atoms with Gasteiger partial charge in [-0.2, -0.15) is 0 Å². The van der Waals surface area contributed by atoms with Crippen LogP contribution in [0.2, 0.25) is 0 Å². The van der Waals surface area contributed by atoms with Crippen molar-refractivity contribution in [3.63, 3.8) is 0 Å². The highest BCUT2D eigenvalue weighted by Gasteiger charge is 2.47. The summed E-state index contributed by atoms with van der Waals surface area (Å²) in [5.41, 5.74) is 23.6. The summed E-state index contributed by atoms with van der Waals surface area (Å²) in [5, 5.41) is 0. The highest BCUT2D eigenvalue weighted by atomic mass is 15.2. The third-order valence-electron chi connectivity index (χ3n) is 13.8. The van der Waals surface area contributed by atoms with Gasteiger partial charge in [-0.15, -0.1) is 0 Å². The van der Waals surface area contributed by atoms with Gasteiger partial charge < -0.3 is 14.7 Å². The zero-order chi connectivity index (χ0) is 40.1. The zero-order valence-electron chi connectivity index (χ0n) is 35.4. The molecule has 2 aliphatic carbocycles. The summed E-state index contributed by atoms with van der Waals surface area (Å²) < 4.78 is 0.